The molecule has 1 atom stereocenters. The Balaban J connectivity index is 1.29. The van der Waals surface area contributed by atoms with Gasteiger partial charge in [-0.05, 0) is 68.3 Å². The van der Waals surface area contributed by atoms with Crippen LogP contribution < -0.4 is 25.1 Å². The van der Waals surface area contributed by atoms with Crippen LogP contribution in [0.4, 0.5) is 10.6 Å². The number of phenols is 1. The summed E-state index contributed by atoms with van der Waals surface area (Å²) < 4.78 is 23.3. The molecule has 2 amide bonds. The Labute approximate surface area is 204 Å². The summed E-state index contributed by atoms with van der Waals surface area (Å²) >= 11 is -1.69. The number of aromatic nitrogens is 2. The number of nitrogens with zero attached hydrogens (tertiary/aromatic N) is 3. The second-order valence-electron chi connectivity index (χ2n) is 7.15. The third kappa shape index (κ3) is 8.17. The molecule has 2 aromatic carbocycles. The van der Waals surface area contributed by atoms with E-state index in [4.69, 9.17) is 14.2 Å². The van der Waals surface area contributed by atoms with Crippen LogP contribution >= 0.6 is 0 Å². The van der Waals surface area contributed by atoms with Gasteiger partial charge in [0.15, 0.2) is 11.5 Å². The summed E-state index contributed by atoms with van der Waals surface area (Å²) in [4.78, 5) is 20.4. The Hall–Kier alpha value is -4.37. The molecule has 0 aliphatic carbocycles. The van der Waals surface area contributed by atoms with Crippen LogP contribution in [0.25, 0.3) is 0 Å². The summed E-state index contributed by atoms with van der Waals surface area (Å²) in [7, 11) is 0. The zero-order valence-electron chi connectivity index (χ0n) is 18.9. The molecule has 0 radical (unpaired) electrons. The summed E-state index contributed by atoms with van der Waals surface area (Å²) in [5, 5.41) is 20.8. The van der Waals surface area contributed by atoms with E-state index in [1.165, 1.54) is 30.5 Å². The second kappa shape index (κ2) is 12.8. The number of carbonyl (C=O) groups excluding carboxylic acids is 1. The molecule has 3 rings (SSSR count). The van der Waals surface area contributed by atoms with Crippen LogP contribution in [0.3, 0.4) is 0 Å². The van der Waals surface area contributed by atoms with Crippen molar-refractivity contribution in [1.82, 2.24) is 20.7 Å². The van der Waals surface area contributed by atoms with Gasteiger partial charge in [-0.25, -0.2) is 19.0 Å². The number of carbonyl (C=O) groups is 1. The predicted octanol–water partition coefficient (Wildman–Crippen LogP) is 2.95. The van der Waals surface area contributed by atoms with Gasteiger partial charge in [0.2, 0.25) is 11.1 Å². The van der Waals surface area contributed by atoms with E-state index >= 15 is 0 Å². The van der Waals surface area contributed by atoms with Crippen LogP contribution in [0.15, 0.2) is 59.6 Å². The molecular formula is C23H24N6O5S. The van der Waals surface area contributed by atoms with Crippen LogP contribution in [0.1, 0.15) is 24.2 Å². The first kappa shape index (κ1) is 25.3. The lowest BCUT2D eigenvalue weighted by molar-refractivity contribution is 0.241. The van der Waals surface area contributed by atoms with Crippen LogP contribution in [-0.2, 0) is 11.1 Å². The fourth-order valence-corrected chi connectivity index (χ4v) is 3.46. The van der Waals surface area contributed by atoms with Gasteiger partial charge in [-0.1, -0.05) is 0 Å². The molecule has 35 heavy (non-hydrogen) atoms. The average Bonchev–Trinajstić information content (AvgIpc) is 2.87. The Bertz CT molecular complexity index is 1200. The minimum absolute atomic E-state index is 0.103. The largest absolute Gasteiger partial charge is 0.508 e. The van der Waals surface area contributed by atoms with E-state index in [2.05, 4.69) is 26.1 Å². The number of ether oxygens (including phenoxy) is 1. The number of benzene rings is 2. The lowest BCUT2D eigenvalue weighted by Crippen LogP contribution is -2.39. The van der Waals surface area contributed by atoms with Crippen LogP contribution in [-0.4, -0.2) is 38.5 Å². The van der Waals surface area contributed by atoms with Crippen LogP contribution in [0.2, 0.25) is 0 Å². The monoisotopic (exact) mass is 496 g/mol. The molecule has 0 fully saturated rings. The minimum Gasteiger partial charge on any atom is -0.508 e. The van der Waals surface area contributed by atoms with E-state index in [9.17, 15) is 14.1 Å². The number of nitriles is 1. The van der Waals surface area contributed by atoms with Crippen molar-refractivity contribution in [1.29, 1.82) is 5.26 Å². The Kier molecular flexibility index (Phi) is 9.21. The fourth-order valence-electron chi connectivity index (χ4n) is 2.72. The lowest BCUT2D eigenvalue weighted by Gasteiger charge is -2.11. The number of aromatic hydroxyl groups is 1. The summed E-state index contributed by atoms with van der Waals surface area (Å²) in [6.45, 7) is 2.57. The molecule has 1 unspecified atom stereocenters. The number of urea groups is 1. The molecule has 182 valence electrons. The van der Waals surface area contributed by atoms with Crippen molar-refractivity contribution in [2.24, 2.45) is 0 Å². The smallest absolute Gasteiger partial charge is 0.333 e. The maximum atomic E-state index is 12.3. The SMILES string of the molecule is Cc1nc(C#N)cnc1NNC(=O)NCCCCOc1ccc(S(=O)Oc2ccc(O)cc2)cc1. The van der Waals surface area contributed by atoms with Gasteiger partial charge in [0.1, 0.15) is 23.3 Å². The molecule has 0 saturated carbocycles. The molecule has 1 heterocycles. The molecule has 1 aromatic heterocycles. The Morgan fingerprint density at radius 2 is 1.83 bits per heavy atom. The highest BCUT2D eigenvalue weighted by atomic mass is 32.2. The number of aryl methyl sites for hydroxylation is 1. The highest BCUT2D eigenvalue weighted by Crippen LogP contribution is 2.20. The summed E-state index contributed by atoms with van der Waals surface area (Å²) in [5.41, 5.74) is 5.81. The molecule has 0 bridgehead atoms. The van der Waals surface area contributed by atoms with E-state index in [1.54, 1.807) is 31.2 Å². The number of nitrogens with one attached hydrogen (secondary N) is 3. The van der Waals surface area contributed by atoms with E-state index in [0.717, 1.165) is 0 Å². The van der Waals surface area contributed by atoms with Crippen molar-refractivity contribution in [3.8, 4) is 23.3 Å². The van der Waals surface area contributed by atoms with Gasteiger partial charge < -0.3 is 19.3 Å². The quantitative estimate of drug-likeness (QED) is 0.231. The van der Waals surface area contributed by atoms with E-state index < -0.39 is 17.1 Å². The molecule has 0 aliphatic rings. The fraction of sp³-hybridized carbons (Fsp3) is 0.217. The molecule has 0 aliphatic heterocycles. The maximum Gasteiger partial charge on any atom is 0.333 e. The minimum atomic E-state index is -1.69. The number of unbranched alkanes of at least 4 members (excludes halogenated alkanes) is 1. The number of anilines is 1. The van der Waals surface area contributed by atoms with Crippen LogP contribution in [0, 0.1) is 18.3 Å². The average molecular weight is 497 g/mol. The Morgan fingerprint density at radius 1 is 1.11 bits per heavy atom. The summed E-state index contributed by atoms with van der Waals surface area (Å²) in [5.74, 6) is 1.47. The number of hydrogen-bond donors (Lipinski definition) is 4. The standard InChI is InChI=1S/C23H24N6O5S/c1-16-22(26-15-17(14-24)27-16)28-29-23(31)25-12-2-3-13-33-19-8-10-21(11-9-19)35(32)34-20-6-4-18(30)5-7-20/h4-11,15,30H,2-3,12-13H2,1H3,(H,26,28)(H2,25,29,31). The normalized spacial score (nSPS) is 11.1. The van der Waals surface area contributed by atoms with Crippen molar-refractivity contribution >= 4 is 22.9 Å². The first-order chi connectivity index (χ1) is 16.9. The van der Waals surface area contributed by atoms with Gasteiger partial charge in [0, 0.05) is 6.54 Å². The third-order valence-electron chi connectivity index (χ3n) is 4.51. The number of phenolic OH excluding ortho intramolecular Hbond substituents is 1. The maximum absolute atomic E-state index is 12.3. The lowest BCUT2D eigenvalue weighted by atomic mass is 10.3. The van der Waals surface area contributed by atoms with Gasteiger partial charge >= 0.3 is 6.03 Å². The number of hydrazine groups is 1. The van der Waals surface area contributed by atoms with Gasteiger partial charge in [0.25, 0.3) is 0 Å². The Morgan fingerprint density at radius 3 is 2.51 bits per heavy atom. The number of amides is 2. The topological polar surface area (TPSA) is 158 Å². The molecule has 11 nitrogen and oxygen atoms in total. The molecule has 0 saturated heterocycles. The van der Waals surface area contributed by atoms with E-state index in [0.29, 0.717) is 53.9 Å². The van der Waals surface area contributed by atoms with Crippen molar-refractivity contribution < 1.29 is 23.0 Å². The molecule has 4 N–H and O–H groups in total. The van der Waals surface area contributed by atoms with Gasteiger partial charge in [-0.2, -0.15) is 5.26 Å². The highest BCUT2D eigenvalue weighted by molar-refractivity contribution is 7.80. The van der Waals surface area contributed by atoms with Crippen LogP contribution in [0.5, 0.6) is 17.2 Å². The van der Waals surface area contributed by atoms with Crippen molar-refractivity contribution in [3.05, 3.63) is 66.1 Å². The first-order valence-electron chi connectivity index (χ1n) is 10.6. The summed E-state index contributed by atoms with van der Waals surface area (Å²) in [6, 6.07) is 14.2. The second-order valence-corrected chi connectivity index (χ2v) is 8.25. The van der Waals surface area contributed by atoms with E-state index in [-0.39, 0.29) is 11.4 Å². The molecule has 0 spiro atoms. The van der Waals surface area contributed by atoms with Crippen molar-refractivity contribution in [2.45, 2.75) is 24.7 Å². The highest BCUT2D eigenvalue weighted by Gasteiger charge is 2.08. The molecule has 3 aromatic rings. The summed E-state index contributed by atoms with van der Waals surface area (Å²) in [6.07, 6.45) is 2.73. The zero-order valence-corrected chi connectivity index (χ0v) is 19.7. The molecule has 12 heteroatoms. The van der Waals surface area contributed by atoms with E-state index in [1.807, 2.05) is 6.07 Å². The molecular weight excluding hydrogens is 472 g/mol. The van der Waals surface area contributed by atoms with Gasteiger partial charge in [0.05, 0.1) is 23.4 Å². The van der Waals surface area contributed by atoms with Gasteiger partial charge in [-0.3, -0.25) is 10.9 Å². The zero-order chi connectivity index (χ0) is 25.0. The van der Waals surface area contributed by atoms with Gasteiger partial charge in [-0.15, -0.1) is 0 Å². The third-order valence-corrected chi connectivity index (χ3v) is 5.51. The van der Waals surface area contributed by atoms with Crippen molar-refractivity contribution in [2.75, 3.05) is 18.6 Å². The predicted molar refractivity (Wildman–Crippen MR) is 128 cm³/mol. The first-order valence-corrected chi connectivity index (χ1v) is 11.7. The number of hydrogen-bond acceptors (Lipinski definition) is 9. The number of rotatable bonds is 11. The van der Waals surface area contributed by atoms with Crippen molar-refractivity contribution in [3.63, 3.8) is 0 Å².